The minimum atomic E-state index is 0.177. The number of morpholine rings is 1. The first-order chi connectivity index (χ1) is 9.63. The van der Waals surface area contributed by atoms with Crippen LogP contribution in [0.2, 0.25) is 0 Å². The molecule has 2 heterocycles. The maximum atomic E-state index is 10.8. The molecule has 1 saturated heterocycles. The van der Waals surface area contributed by atoms with Gasteiger partial charge in [-0.2, -0.15) is 0 Å². The van der Waals surface area contributed by atoms with Gasteiger partial charge in [0.25, 0.3) is 0 Å². The van der Waals surface area contributed by atoms with Crippen molar-refractivity contribution in [2.24, 2.45) is 0 Å². The topological polar surface area (TPSA) is 52.5 Å². The summed E-state index contributed by atoms with van der Waals surface area (Å²) in [6, 6.07) is 1.85. The van der Waals surface area contributed by atoms with E-state index < -0.39 is 0 Å². The van der Waals surface area contributed by atoms with Gasteiger partial charge in [-0.15, -0.1) is 0 Å². The van der Waals surface area contributed by atoms with Crippen molar-refractivity contribution >= 4 is 22.2 Å². The van der Waals surface area contributed by atoms with Crippen LogP contribution in [-0.2, 0) is 16.0 Å². The van der Waals surface area contributed by atoms with Crippen LogP contribution in [0.3, 0.4) is 0 Å². The van der Waals surface area contributed by atoms with Gasteiger partial charge < -0.3 is 19.4 Å². The van der Waals surface area contributed by atoms with E-state index in [0.29, 0.717) is 0 Å². The molecule has 0 spiro atoms. The Kier molecular flexibility index (Phi) is 8.06. The molecular formula is C14H23BrN2O3. The van der Waals surface area contributed by atoms with Gasteiger partial charge in [0, 0.05) is 38.1 Å². The Balaban J connectivity index is 0.000000444. The number of methoxy groups -OCH3 is 1. The van der Waals surface area contributed by atoms with Crippen molar-refractivity contribution in [2.45, 2.75) is 26.5 Å². The highest BCUT2D eigenvalue weighted by Crippen LogP contribution is 2.20. The first kappa shape index (κ1) is 17.4. The van der Waals surface area contributed by atoms with Crippen LogP contribution >= 0.6 is 15.9 Å². The molecule has 0 amide bonds. The number of hydrogen-bond donors (Lipinski definition) is 1. The van der Waals surface area contributed by atoms with Gasteiger partial charge in [0.15, 0.2) is 6.29 Å². The molecule has 1 aliphatic rings. The number of aldehydes is 1. The number of carbonyl (C=O) groups excluding carboxylic acids is 1. The lowest BCUT2D eigenvalue weighted by atomic mass is 10.2. The lowest BCUT2D eigenvalue weighted by Crippen LogP contribution is -2.40. The number of nitrogens with zero attached hydrogens (tertiary/aromatic N) is 1. The predicted octanol–water partition coefficient (Wildman–Crippen LogP) is 2.01. The summed E-state index contributed by atoms with van der Waals surface area (Å²) in [6.07, 6.45) is 1.06. The van der Waals surface area contributed by atoms with Gasteiger partial charge in [-0.3, -0.25) is 4.79 Å². The van der Waals surface area contributed by atoms with E-state index >= 15 is 0 Å². The summed E-state index contributed by atoms with van der Waals surface area (Å²) in [5.74, 6) is 0. The van der Waals surface area contributed by atoms with Gasteiger partial charge >= 0.3 is 0 Å². The van der Waals surface area contributed by atoms with Gasteiger partial charge in [0.05, 0.1) is 23.9 Å². The Hall–Kier alpha value is -0.690. The highest BCUT2D eigenvalue weighted by atomic mass is 79.9. The maximum absolute atomic E-state index is 10.8. The van der Waals surface area contributed by atoms with Crippen LogP contribution in [0.15, 0.2) is 10.7 Å². The van der Waals surface area contributed by atoms with Crippen molar-refractivity contribution in [2.75, 3.05) is 33.4 Å². The molecule has 0 bridgehead atoms. The number of halogens is 1. The molecule has 1 aromatic rings. The molecule has 0 aliphatic carbocycles. The number of rotatable bonds is 4. The molecule has 1 atom stereocenters. The van der Waals surface area contributed by atoms with Crippen molar-refractivity contribution < 1.29 is 14.3 Å². The number of ether oxygens (including phenoxy) is 2. The molecule has 1 aliphatic heterocycles. The van der Waals surface area contributed by atoms with E-state index in [2.05, 4.69) is 30.6 Å². The van der Waals surface area contributed by atoms with Crippen LogP contribution in [0.25, 0.3) is 0 Å². The van der Waals surface area contributed by atoms with Crippen LogP contribution in [0, 0.1) is 6.92 Å². The molecule has 1 aromatic heterocycles. The van der Waals surface area contributed by atoms with Crippen LogP contribution < -0.4 is 5.32 Å². The monoisotopic (exact) mass is 346 g/mol. The number of carbonyl (C=O) groups is 1. The van der Waals surface area contributed by atoms with Crippen LogP contribution in [0.4, 0.5) is 0 Å². The third-order valence-electron chi connectivity index (χ3n) is 3.16. The first-order valence-corrected chi connectivity index (χ1v) is 7.55. The van der Waals surface area contributed by atoms with Crippen molar-refractivity contribution in [3.05, 3.63) is 21.9 Å². The zero-order valence-corrected chi connectivity index (χ0v) is 13.9. The quantitative estimate of drug-likeness (QED) is 0.847. The summed E-state index contributed by atoms with van der Waals surface area (Å²) in [4.78, 5) is 10.8. The van der Waals surface area contributed by atoms with E-state index in [1.165, 1.54) is 0 Å². The Morgan fingerprint density at radius 3 is 2.80 bits per heavy atom. The van der Waals surface area contributed by atoms with Gasteiger partial charge in [-0.1, -0.05) is 0 Å². The average molecular weight is 347 g/mol. The molecule has 1 N–H and O–H groups in total. The minimum absolute atomic E-state index is 0.177. The van der Waals surface area contributed by atoms with E-state index in [4.69, 9.17) is 4.74 Å². The Morgan fingerprint density at radius 2 is 2.35 bits per heavy atom. The SMILES string of the molecule is CCOC.Cc1c(C=O)cc(Br)n1CC1CNCCO1. The fourth-order valence-corrected chi connectivity index (χ4v) is 2.57. The average Bonchev–Trinajstić information content (AvgIpc) is 2.76. The van der Waals surface area contributed by atoms with E-state index in [1.807, 2.05) is 19.9 Å². The van der Waals surface area contributed by atoms with Gasteiger partial charge in [0.2, 0.25) is 0 Å². The highest BCUT2D eigenvalue weighted by molar-refractivity contribution is 9.10. The summed E-state index contributed by atoms with van der Waals surface area (Å²) < 4.78 is 13.2. The first-order valence-electron chi connectivity index (χ1n) is 6.76. The molecule has 114 valence electrons. The fraction of sp³-hybridized carbons (Fsp3) is 0.643. The molecule has 1 unspecified atom stereocenters. The molecule has 0 saturated carbocycles. The minimum Gasteiger partial charge on any atom is -0.385 e. The van der Waals surface area contributed by atoms with Crippen molar-refractivity contribution in [3.8, 4) is 0 Å². The summed E-state index contributed by atoms with van der Waals surface area (Å²) in [5, 5.41) is 3.29. The standard InChI is InChI=1S/C11H15BrN2O2.C3H8O/c1-8-9(7-15)4-11(12)14(8)6-10-5-13-2-3-16-10;1-3-4-2/h4,7,10,13H,2-3,5-6H2,1H3;3H2,1-2H3. The summed E-state index contributed by atoms with van der Waals surface area (Å²) in [6.45, 7) is 8.03. The molecule has 1 fully saturated rings. The Morgan fingerprint density at radius 1 is 1.65 bits per heavy atom. The summed E-state index contributed by atoms with van der Waals surface area (Å²) in [5.41, 5.74) is 1.71. The van der Waals surface area contributed by atoms with E-state index in [9.17, 15) is 4.79 Å². The summed E-state index contributed by atoms with van der Waals surface area (Å²) in [7, 11) is 1.68. The molecule has 20 heavy (non-hydrogen) atoms. The highest BCUT2D eigenvalue weighted by Gasteiger charge is 2.17. The molecule has 0 radical (unpaired) electrons. The van der Waals surface area contributed by atoms with Crippen molar-refractivity contribution in [1.82, 2.24) is 9.88 Å². The molecule has 0 aromatic carbocycles. The van der Waals surface area contributed by atoms with E-state index in [-0.39, 0.29) is 6.10 Å². The van der Waals surface area contributed by atoms with Crippen LogP contribution in [-0.4, -0.2) is 50.4 Å². The van der Waals surface area contributed by atoms with Crippen molar-refractivity contribution in [3.63, 3.8) is 0 Å². The molecule has 5 nitrogen and oxygen atoms in total. The zero-order valence-electron chi connectivity index (χ0n) is 12.3. The number of aromatic nitrogens is 1. The molecular weight excluding hydrogens is 324 g/mol. The normalized spacial score (nSPS) is 18.3. The van der Waals surface area contributed by atoms with E-state index in [0.717, 1.165) is 55.0 Å². The second-order valence-electron chi connectivity index (χ2n) is 4.51. The largest absolute Gasteiger partial charge is 0.385 e. The Bertz CT molecular complexity index is 413. The smallest absolute Gasteiger partial charge is 0.151 e. The predicted molar refractivity (Wildman–Crippen MR) is 82.4 cm³/mol. The Labute approximate surface area is 128 Å². The van der Waals surface area contributed by atoms with Crippen LogP contribution in [0.5, 0.6) is 0 Å². The van der Waals surface area contributed by atoms with Crippen LogP contribution in [0.1, 0.15) is 23.0 Å². The third kappa shape index (κ3) is 5.01. The second kappa shape index (κ2) is 9.28. The molecule has 6 heteroatoms. The third-order valence-corrected chi connectivity index (χ3v) is 3.82. The van der Waals surface area contributed by atoms with Gasteiger partial charge in [-0.25, -0.2) is 0 Å². The summed E-state index contributed by atoms with van der Waals surface area (Å²) >= 11 is 3.46. The lowest BCUT2D eigenvalue weighted by Gasteiger charge is -2.25. The second-order valence-corrected chi connectivity index (χ2v) is 5.32. The molecule has 2 rings (SSSR count). The fourth-order valence-electron chi connectivity index (χ4n) is 1.91. The van der Waals surface area contributed by atoms with Gasteiger partial charge in [-0.05, 0) is 35.8 Å². The van der Waals surface area contributed by atoms with E-state index in [1.54, 1.807) is 7.11 Å². The zero-order chi connectivity index (χ0) is 15.0. The lowest BCUT2D eigenvalue weighted by molar-refractivity contribution is 0.0176. The number of hydrogen-bond acceptors (Lipinski definition) is 4. The number of nitrogens with one attached hydrogen (secondary N) is 1. The van der Waals surface area contributed by atoms with Gasteiger partial charge in [0.1, 0.15) is 0 Å². The van der Waals surface area contributed by atoms with Crippen molar-refractivity contribution in [1.29, 1.82) is 0 Å². The maximum Gasteiger partial charge on any atom is 0.151 e.